The predicted octanol–water partition coefficient (Wildman–Crippen LogP) is 1.36. The maximum absolute atomic E-state index is 13.2. The minimum absolute atomic E-state index is 0.221. The molecule has 0 spiro atoms. The lowest BCUT2D eigenvalue weighted by molar-refractivity contribution is -0.256. The number of aromatic carboxylic acids is 1. The highest BCUT2D eigenvalue weighted by atomic mass is 32.1. The second-order valence-corrected chi connectivity index (χ2v) is 5.48. The fourth-order valence-corrected chi connectivity index (χ4v) is 3.00. The molecule has 2 aromatic heterocycles. The van der Waals surface area contributed by atoms with Crippen molar-refractivity contribution < 1.29 is 23.1 Å². The van der Waals surface area contributed by atoms with Crippen molar-refractivity contribution in [2.75, 3.05) is 5.32 Å². The van der Waals surface area contributed by atoms with Crippen LogP contribution in [0.1, 0.15) is 34.0 Å². The number of aromatic nitrogens is 3. The summed E-state index contributed by atoms with van der Waals surface area (Å²) >= 11 is 1.31. The van der Waals surface area contributed by atoms with Crippen molar-refractivity contribution in [2.45, 2.75) is 24.7 Å². The number of thiophene rings is 1. The molecule has 21 heavy (non-hydrogen) atoms. The van der Waals surface area contributed by atoms with Gasteiger partial charge in [0.1, 0.15) is 5.97 Å². The van der Waals surface area contributed by atoms with Crippen LogP contribution < -0.4 is 10.4 Å². The van der Waals surface area contributed by atoms with E-state index in [1.54, 1.807) is 17.5 Å². The van der Waals surface area contributed by atoms with Crippen LogP contribution in [0.15, 0.2) is 17.5 Å². The van der Waals surface area contributed by atoms with Gasteiger partial charge in [-0.3, -0.25) is 0 Å². The van der Waals surface area contributed by atoms with Gasteiger partial charge in [0.25, 0.3) is 0 Å². The van der Waals surface area contributed by atoms with Gasteiger partial charge in [0.2, 0.25) is 5.95 Å². The number of fused-ring (bicyclic) bond motifs is 1. The van der Waals surface area contributed by atoms with Crippen molar-refractivity contribution in [1.29, 1.82) is 0 Å². The van der Waals surface area contributed by atoms with Crippen molar-refractivity contribution >= 4 is 23.3 Å². The van der Waals surface area contributed by atoms with Gasteiger partial charge in [0.15, 0.2) is 11.9 Å². The Morgan fingerprint density at radius 1 is 1.52 bits per heavy atom. The van der Waals surface area contributed by atoms with Crippen LogP contribution in [0.5, 0.6) is 0 Å². The van der Waals surface area contributed by atoms with Crippen molar-refractivity contribution in [3.8, 4) is 0 Å². The van der Waals surface area contributed by atoms with Crippen LogP contribution in [-0.2, 0) is 0 Å². The molecule has 0 fully saturated rings. The van der Waals surface area contributed by atoms with Gasteiger partial charge < -0.3 is 15.2 Å². The van der Waals surface area contributed by atoms with Crippen molar-refractivity contribution in [1.82, 2.24) is 14.8 Å². The summed E-state index contributed by atoms with van der Waals surface area (Å²) in [6, 6.07) is 0.918. The molecule has 0 aromatic carbocycles. The first-order chi connectivity index (χ1) is 9.86. The minimum Gasteiger partial charge on any atom is -0.541 e. The Hall–Kier alpha value is -2.10. The average Bonchev–Trinajstić information content (AvgIpc) is 3.05. The Balaban J connectivity index is 2.03. The summed E-state index contributed by atoms with van der Waals surface area (Å²) in [5, 5.41) is 18.6. The summed E-state index contributed by atoms with van der Waals surface area (Å²) in [7, 11) is 0. The third kappa shape index (κ3) is 2.46. The van der Waals surface area contributed by atoms with Gasteiger partial charge in [-0.15, -0.1) is 16.4 Å². The molecule has 2 aromatic rings. The topological polar surface area (TPSA) is 82.9 Å². The largest absolute Gasteiger partial charge is 0.541 e. The number of carboxylic acid groups (broad SMARTS) is 1. The summed E-state index contributed by atoms with van der Waals surface area (Å²) in [5.74, 6) is -2.70. The van der Waals surface area contributed by atoms with E-state index in [0.717, 1.165) is 0 Å². The quantitative estimate of drug-likeness (QED) is 0.904. The van der Waals surface area contributed by atoms with E-state index in [-0.39, 0.29) is 12.4 Å². The lowest BCUT2D eigenvalue weighted by Crippen LogP contribution is -2.35. The number of hydrogen-bond acceptors (Lipinski definition) is 6. The standard InChI is InChI=1S/C11H9F3N4O2S/c12-11(13,14)7-4-5(6-2-1-3-21-6)15-10-16-8(9(19)20)17-18(7)10/h1-3,5,7H,4H2,(H,19,20)(H,15,16,17)/p-1. The molecule has 6 nitrogen and oxygen atoms in total. The van der Waals surface area contributed by atoms with Gasteiger partial charge in [-0.1, -0.05) is 6.07 Å². The Kier molecular flexibility index (Phi) is 3.12. The summed E-state index contributed by atoms with van der Waals surface area (Å²) in [5.41, 5.74) is 0. The van der Waals surface area contributed by atoms with E-state index in [2.05, 4.69) is 15.4 Å². The minimum atomic E-state index is -4.55. The zero-order chi connectivity index (χ0) is 15.2. The molecule has 112 valence electrons. The molecule has 0 radical (unpaired) electrons. The van der Waals surface area contributed by atoms with E-state index in [9.17, 15) is 23.1 Å². The molecule has 3 heterocycles. The van der Waals surface area contributed by atoms with Gasteiger partial charge in [-0.25, -0.2) is 4.68 Å². The number of anilines is 1. The number of carbonyl (C=O) groups is 1. The lowest BCUT2D eigenvalue weighted by atomic mass is 10.0. The summed E-state index contributed by atoms with van der Waals surface area (Å²) < 4.78 is 40.1. The first kappa shape index (κ1) is 13.9. The third-order valence-electron chi connectivity index (χ3n) is 3.14. The van der Waals surface area contributed by atoms with Crippen LogP contribution in [0.3, 0.4) is 0 Å². The Morgan fingerprint density at radius 3 is 2.86 bits per heavy atom. The van der Waals surface area contributed by atoms with Crippen LogP contribution in [0.4, 0.5) is 19.1 Å². The van der Waals surface area contributed by atoms with E-state index >= 15 is 0 Å². The van der Waals surface area contributed by atoms with Crippen molar-refractivity contribution in [3.63, 3.8) is 0 Å². The highest BCUT2D eigenvalue weighted by molar-refractivity contribution is 7.10. The second-order valence-electron chi connectivity index (χ2n) is 4.50. The molecule has 0 saturated heterocycles. The van der Waals surface area contributed by atoms with E-state index in [4.69, 9.17) is 0 Å². The summed E-state index contributed by atoms with van der Waals surface area (Å²) in [4.78, 5) is 15.0. The number of rotatable bonds is 2. The number of nitrogens with one attached hydrogen (secondary N) is 1. The molecule has 1 N–H and O–H groups in total. The molecule has 2 unspecified atom stereocenters. The molecule has 10 heteroatoms. The van der Waals surface area contributed by atoms with Gasteiger partial charge in [0.05, 0.1) is 6.04 Å². The molecule has 2 atom stereocenters. The van der Waals surface area contributed by atoms with Crippen LogP contribution in [0, 0.1) is 0 Å². The lowest BCUT2D eigenvalue weighted by Gasteiger charge is -2.31. The highest BCUT2D eigenvalue weighted by Crippen LogP contribution is 2.43. The van der Waals surface area contributed by atoms with Gasteiger partial charge in [-0.2, -0.15) is 18.2 Å². The van der Waals surface area contributed by atoms with Gasteiger partial charge >= 0.3 is 6.18 Å². The molecule has 0 aliphatic carbocycles. The van der Waals surface area contributed by atoms with E-state index in [1.165, 1.54) is 11.3 Å². The molecule has 0 bridgehead atoms. The number of carbonyl (C=O) groups excluding carboxylic acids is 1. The first-order valence-electron chi connectivity index (χ1n) is 5.91. The van der Waals surface area contributed by atoms with E-state index < -0.39 is 30.1 Å². The fourth-order valence-electron chi connectivity index (χ4n) is 2.21. The SMILES string of the molecule is O=C([O-])c1nc2n(n1)C(C(F)(F)F)CC(c1cccs1)N2. The molecule has 1 aliphatic rings. The normalized spacial score (nSPS) is 21.7. The van der Waals surface area contributed by atoms with Crippen LogP contribution >= 0.6 is 11.3 Å². The molecular weight excluding hydrogens is 309 g/mol. The Labute approximate surface area is 120 Å². The van der Waals surface area contributed by atoms with E-state index in [1.807, 2.05) is 0 Å². The Morgan fingerprint density at radius 2 is 2.29 bits per heavy atom. The number of carboxylic acids is 1. The van der Waals surface area contributed by atoms with Gasteiger partial charge in [0, 0.05) is 11.3 Å². The van der Waals surface area contributed by atoms with Gasteiger partial charge in [-0.05, 0) is 11.4 Å². The fraction of sp³-hybridized carbons (Fsp3) is 0.364. The number of halogens is 3. The molecule has 0 amide bonds. The predicted molar refractivity (Wildman–Crippen MR) is 64.7 cm³/mol. The number of nitrogens with zero attached hydrogens (tertiary/aromatic N) is 3. The zero-order valence-corrected chi connectivity index (χ0v) is 11.1. The molecule has 1 aliphatic heterocycles. The Bertz CT molecular complexity index is 668. The van der Waals surface area contributed by atoms with Crippen molar-refractivity contribution in [2.24, 2.45) is 0 Å². The number of hydrogen-bond donors (Lipinski definition) is 1. The molecule has 3 rings (SSSR count). The third-order valence-corrected chi connectivity index (χ3v) is 4.12. The van der Waals surface area contributed by atoms with E-state index in [0.29, 0.717) is 9.56 Å². The maximum atomic E-state index is 13.2. The number of alkyl halides is 3. The van der Waals surface area contributed by atoms with Crippen LogP contribution in [0.25, 0.3) is 0 Å². The van der Waals surface area contributed by atoms with Crippen molar-refractivity contribution in [3.05, 3.63) is 28.2 Å². The summed E-state index contributed by atoms with van der Waals surface area (Å²) in [6.45, 7) is 0. The monoisotopic (exact) mass is 317 g/mol. The second kappa shape index (κ2) is 4.72. The average molecular weight is 317 g/mol. The van der Waals surface area contributed by atoms with Crippen LogP contribution in [-0.4, -0.2) is 26.9 Å². The zero-order valence-electron chi connectivity index (χ0n) is 10.3. The summed E-state index contributed by atoms with van der Waals surface area (Å²) in [6.07, 6.45) is -4.84. The molecular formula is C11H8F3N4O2S-. The first-order valence-corrected chi connectivity index (χ1v) is 6.79. The smallest absolute Gasteiger partial charge is 0.411 e. The molecule has 0 saturated carbocycles. The van der Waals surface area contributed by atoms with Crippen LogP contribution in [0.2, 0.25) is 0 Å². The highest BCUT2D eigenvalue weighted by Gasteiger charge is 2.47. The maximum Gasteiger partial charge on any atom is 0.411 e.